The highest BCUT2D eigenvalue weighted by molar-refractivity contribution is 9.10. The van der Waals surface area contributed by atoms with E-state index in [0.717, 1.165) is 21.9 Å². The normalized spacial score (nSPS) is 12.7. The summed E-state index contributed by atoms with van der Waals surface area (Å²) in [5.41, 5.74) is 2.63. The standard InChI is InChI=1S/C15H18BrF2N3/c1-9-15(16)14(21(3)20-9)8-13(19-2)6-10-4-11(17)7-12(18)5-10/h4-5,7,13,19H,6,8H2,1-3H3. The van der Waals surface area contributed by atoms with Crippen LogP contribution in [0.4, 0.5) is 8.78 Å². The second-order valence-electron chi connectivity index (χ2n) is 5.14. The third-order valence-electron chi connectivity index (χ3n) is 3.51. The van der Waals surface area contributed by atoms with Crippen LogP contribution in [0.15, 0.2) is 22.7 Å². The molecule has 0 aliphatic carbocycles. The van der Waals surface area contributed by atoms with E-state index in [0.29, 0.717) is 18.4 Å². The van der Waals surface area contributed by atoms with E-state index >= 15 is 0 Å². The monoisotopic (exact) mass is 357 g/mol. The van der Waals surface area contributed by atoms with Crippen LogP contribution in [-0.4, -0.2) is 22.9 Å². The van der Waals surface area contributed by atoms with Gasteiger partial charge in [0.05, 0.1) is 15.9 Å². The lowest BCUT2D eigenvalue weighted by Crippen LogP contribution is -2.31. The average molecular weight is 358 g/mol. The van der Waals surface area contributed by atoms with Gasteiger partial charge in [0, 0.05) is 25.6 Å². The van der Waals surface area contributed by atoms with Crippen LogP contribution < -0.4 is 5.32 Å². The molecule has 0 saturated carbocycles. The lowest BCUT2D eigenvalue weighted by atomic mass is 10.0. The molecule has 0 bridgehead atoms. The molecule has 0 aliphatic rings. The number of nitrogens with one attached hydrogen (secondary N) is 1. The highest BCUT2D eigenvalue weighted by Gasteiger charge is 2.16. The molecular formula is C15H18BrF2N3. The molecule has 1 aromatic heterocycles. The van der Waals surface area contributed by atoms with Gasteiger partial charge in [-0.2, -0.15) is 5.10 Å². The topological polar surface area (TPSA) is 29.9 Å². The molecule has 1 aromatic carbocycles. The molecule has 0 spiro atoms. The molecule has 0 aliphatic heterocycles. The van der Waals surface area contributed by atoms with Crippen molar-refractivity contribution < 1.29 is 8.78 Å². The van der Waals surface area contributed by atoms with Gasteiger partial charge < -0.3 is 5.32 Å². The number of halogens is 3. The third kappa shape index (κ3) is 3.89. The number of hydrogen-bond donors (Lipinski definition) is 1. The van der Waals surface area contributed by atoms with Crippen molar-refractivity contribution in [1.82, 2.24) is 15.1 Å². The van der Waals surface area contributed by atoms with Crippen LogP contribution in [0.2, 0.25) is 0 Å². The Balaban J connectivity index is 2.16. The molecule has 114 valence electrons. The van der Waals surface area contributed by atoms with Gasteiger partial charge in [-0.05, 0) is 54.0 Å². The second-order valence-corrected chi connectivity index (χ2v) is 5.93. The van der Waals surface area contributed by atoms with Crippen LogP contribution in [-0.2, 0) is 19.9 Å². The first-order chi connectivity index (χ1) is 9.90. The molecule has 2 aromatic rings. The third-order valence-corrected chi connectivity index (χ3v) is 4.55. The minimum absolute atomic E-state index is 0.0669. The fraction of sp³-hybridized carbons (Fsp3) is 0.400. The predicted octanol–water partition coefficient (Wildman–Crippen LogP) is 3.14. The van der Waals surface area contributed by atoms with Gasteiger partial charge in [-0.3, -0.25) is 4.68 Å². The molecule has 2 rings (SSSR count). The van der Waals surface area contributed by atoms with Crippen molar-refractivity contribution in [3.8, 4) is 0 Å². The molecular weight excluding hydrogens is 340 g/mol. The number of benzene rings is 1. The Kier molecular flexibility index (Phi) is 5.11. The summed E-state index contributed by atoms with van der Waals surface area (Å²) in [6.45, 7) is 1.93. The SMILES string of the molecule is CNC(Cc1cc(F)cc(F)c1)Cc1c(Br)c(C)nn1C. The minimum Gasteiger partial charge on any atom is -0.316 e. The molecule has 1 unspecified atom stereocenters. The Morgan fingerprint density at radius 3 is 2.33 bits per heavy atom. The number of aryl methyl sites for hydroxylation is 2. The summed E-state index contributed by atoms with van der Waals surface area (Å²) in [5, 5.41) is 7.55. The Morgan fingerprint density at radius 1 is 1.24 bits per heavy atom. The Bertz CT molecular complexity index is 620. The van der Waals surface area contributed by atoms with Crippen molar-refractivity contribution in [1.29, 1.82) is 0 Å². The maximum absolute atomic E-state index is 13.3. The number of rotatable bonds is 5. The summed E-state index contributed by atoms with van der Waals surface area (Å²) in [4.78, 5) is 0. The number of likely N-dealkylation sites (N-methyl/N-ethyl adjacent to an activating group) is 1. The summed E-state index contributed by atoms with van der Waals surface area (Å²) < 4.78 is 29.3. The zero-order chi connectivity index (χ0) is 15.6. The molecule has 0 saturated heterocycles. The molecule has 0 amide bonds. The lowest BCUT2D eigenvalue weighted by molar-refractivity contribution is 0.525. The molecule has 21 heavy (non-hydrogen) atoms. The summed E-state index contributed by atoms with van der Waals surface area (Å²) in [6.07, 6.45) is 1.26. The van der Waals surface area contributed by atoms with Crippen LogP contribution in [0.5, 0.6) is 0 Å². The molecule has 0 radical (unpaired) electrons. The van der Waals surface area contributed by atoms with E-state index in [9.17, 15) is 8.78 Å². The first kappa shape index (κ1) is 16.1. The van der Waals surface area contributed by atoms with Crippen molar-refractivity contribution in [3.05, 3.63) is 51.3 Å². The van der Waals surface area contributed by atoms with Crippen LogP contribution >= 0.6 is 15.9 Å². The van der Waals surface area contributed by atoms with Crippen LogP contribution in [0.1, 0.15) is 17.0 Å². The number of nitrogens with zero attached hydrogens (tertiary/aromatic N) is 2. The van der Waals surface area contributed by atoms with Crippen molar-refractivity contribution in [2.75, 3.05) is 7.05 Å². The van der Waals surface area contributed by atoms with E-state index in [1.54, 1.807) is 0 Å². The minimum atomic E-state index is -0.544. The van der Waals surface area contributed by atoms with E-state index < -0.39 is 11.6 Å². The van der Waals surface area contributed by atoms with Gasteiger partial charge in [0.15, 0.2) is 0 Å². The largest absolute Gasteiger partial charge is 0.316 e. The zero-order valence-corrected chi connectivity index (χ0v) is 13.8. The van der Waals surface area contributed by atoms with Gasteiger partial charge in [0.25, 0.3) is 0 Å². The van der Waals surface area contributed by atoms with Crippen molar-refractivity contribution in [2.24, 2.45) is 7.05 Å². The highest BCUT2D eigenvalue weighted by atomic mass is 79.9. The molecule has 0 fully saturated rings. The summed E-state index contributed by atoms with van der Waals surface area (Å²) in [6, 6.07) is 3.70. The van der Waals surface area contributed by atoms with Crippen LogP contribution in [0.25, 0.3) is 0 Å². The Morgan fingerprint density at radius 2 is 1.86 bits per heavy atom. The molecule has 1 N–H and O–H groups in total. The second kappa shape index (κ2) is 6.66. The van der Waals surface area contributed by atoms with Gasteiger partial charge in [-0.15, -0.1) is 0 Å². The van der Waals surface area contributed by atoms with Crippen LogP contribution in [0, 0.1) is 18.6 Å². The van der Waals surface area contributed by atoms with E-state index in [4.69, 9.17) is 0 Å². The summed E-state index contributed by atoms with van der Waals surface area (Å²) >= 11 is 3.54. The maximum Gasteiger partial charge on any atom is 0.126 e. The summed E-state index contributed by atoms with van der Waals surface area (Å²) in [5.74, 6) is -1.09. The molecule has 1 atom stereocenters. The van der Waals surface area contributed by atoms with Gasteiger partial charge in [-0.1, -0.05) is 0 Å². The van der Waals surface area contributed by atoms with E-state index in [2.05, 4.69) is 26.3 Å². The molecule has 3 nitrogen and oxygen atoms in total. The number of hydrogen-bond acceptors (Lipinski definition) is 2. The predicted molar refractivity (Wildman–Crippen MR) is 82.3 cm³/mol. The van der Waals surface area contributed by atoms with Gasteiger partial charge >= 0.3 is 0 Å². The quantitative estimate of drug-likeness (QED) is 0.890. The highest BCUT2D eigenvalue weighted by Crippen LogP contribution is 2.22. The van der Waals surface area contributed by atoms with Gasteiger partial charge in [0.2, 0.25) is 0 Å². The van der Waals surface area contributed by atoms with Crippen molar-refractivity contribution >= 4 is 15.9 Å². The zero-order valence-electron chi connectivity index (χ0n) is 12.3. The first-order valence-electron chi connectivity index (χ1n) is 6.71. The van der Waals surface area contributed by atoms with Crippen molar-refractivity contribution in [3.63, 3.8) is 0 Å². The van der Waals surface area contributed by atoms with E-state index in [1.807, 2.05) is 25.7 Å². The average Bonchev–Trinajstić information content (AvgIpc) is 2.63. The smallest absolute Gasteiger partial charge is 0.126 e. The van der Waals surface area contributed by atoms with Gasteiger partial charge in [0.1, 0.15) is 11.6 Å². The Labute approximate surface area is 131 Å². The fourth-order valence-corrected chi connectivity index (χ4v) is 2.92. The van der Waals surface area contributed by atoms with E-state index in [1.165, 1.54) is 12.1 Å². The van der Waals surface area contributed by atoms with Gasteiger partial charge in [-0.25, -0.2) is 8.78 Å². The maximum atomic E-state index is 13.3. The lowest BCUT2D eigenvalue weighted by Gasteiger charge is -2.17. The first-order valence-corrected chi connectivity index (χ1v) is 7.50. The Hall–Kier alpha value is -1.27. The van der Waals surface area contributed by atoms with Crippen molar-refractivity contribution in [2.45, 2.75) is 25.8 Å². The van der Waals surface area contributed by atoms with E-state index in [-0.39, 0.29) is 6.04 Å². The number of aromatic nitrogens is 2. The summed E-state index contributed by atoms with van der Waals surface area (Å²) in [7, 11) is 3.74. The van der Waals surface area contributed by atoms with Crippen LogP contribution in [0.3, 0.4) is 0 Å². The molecule has 6 heteroatoms. The fourth-order valence-electron chi connectivity index (χ4n) is 2.42. The molecule has 1 heterocycles.